The summed E-state index contributed by atoms with van der Waals surface area (Å²) in [5.74, 6) is 1.51. The molecule has 1 heterocycles. The average molecular weight is 340 g/mol. The standard InChI is InChI=1S/C19H37N3O2/c1-15(2)12-22-10-6-7-16(13-22)11-20-19(24)21(3)14-17-8-4-5-9-18(17)23/h15-18,23H,4-14H2,1-3H3,(H,20,24). The molecule has 140 valence electrons. The van der Waals surface area contributed by atoms with Gasteiger partial charge in [-0.15, -0.1) is 0 Å². The maximum Gasteiger partial charge on any atom is 0.317 e. The van der Waals surface area contributed by atoms with Crippen molar-refractivity contribution < 1.29 is 9.90 Å². The molecule has 0 spiro atoms. The lowest BCUT2D eigenvalue weighted by Gasteiger charge is -2.34. The van der Waals surface area contributed by atoms with Gasteiger partial charge in [0.25, 0.3) is 0 Å². The van der Waals surface area contributed by atoms with Crippen molar-refractivity contribution in [2.45, 2.75) is 58.5 Å². The minimum absolute atomic E-state index is 0.00811. The number of amides is 2. The third-order valence-corrected chi connectivity index (χ3v) is 5.49. The number of rotatable bonds is 6. The Hall–Kier alpha value is -0.810. The van der Waals surface area contributed by atoms with E-state index < -0.39 is 0 Å². The van der Waals surface area contributed by atoms with Gasteiger partial charge in [-0.3, -0.25) is 0 Å². The minimum atomic E-state index is -0.239. The van der Waals surface area contributed by atoms with Gasteiger partial charge >= 0.3 is 6.03 Å². The van der Waals surface area contributed by atoms with Gasteiger partial charge in [0.2, 0.25) is 0 Å². The fraction of sp³-hybridized carbons (Fsp3) is 0.947. The van der Waals surface area contributed by atoms with Gasteiger partial charge in [-0.25, -0.2) is 4.79 Å². The third kappa shape index (κ3) is 6.25. The fourth-order valence-corrected chi connectivity index (χ4v) is 4.20. The second-order valence-corrected chi connectivity index (χ2v) is 8.34. The molecule has 2 N–H and O–H groups in total. The van der Waals surface area contributed by atoms with Crippen LogP contribution in [-0.2, 0) is 0 Å². The topological polar surface area (TPSA) is 55.8 Å². The number of nitrogens with zero attached hydrogens (tertiary/aromatic N) is 2. The molecule has 2 rings (SSSR count). The number of urea groups is 1. The summed E-state index contributed by atoms with van der Waals surface area (Å²) >= 11 is 0. The van der Waals surface area contributed by atoms with Gasteiger partial charge in [-0.2, -0.15) is 0 Å². The van der Waals surface area contributed by atoms with Crippen molar-refractivity contribution in [1.29, 1.82) is 0 Å². The van der Waals surface area contributed by atoms with E-state index in [2.05, 4.69) is 24.1 Å². The van der Waals surface area contributed by atoms with Crippen LogP contribution in [0.3, 0.4) is 0 Å². The molecule has 0 aromatic carbocycles. The first kappa shape index (κ1) is 19.5. The van der Waals surface area contributed by atoms with Crippen LogP contribution in [0.15, 0.2) is 0 Å². The van der Waals surface area contributed by atoms with Gasteiger partial charge < -0.3 is 20.2 Å². The summed E-state index contributed by atoms with van der Waals surface area (Å²) < 4.78 is 0. The first-order valence-corrected chi connectivity index (χ1v) is 9.85. The molecule has 1 saturated carbocycles. The first-order chi connectivity index (χ1) is 11.5. The van der Waals surface area contributed by atoms with E-state index in [4.69, 9.17) is 0 Å². The monoisotopic (exact) mass is 339 g/mol. The van der Waals surface area contributed by atoms with Crippen molar-refractivity contribution in [3.63, 3.8) is 0 Å². The summed E-state index contributed by atoms with van der Waals surface area (Å²) in [6.45, 7) is 9.41. The van der Waals surface area contributed by atoms with Crippen LogP contribution in [0.1, 0.15) is 52.4 Å². The number of carbonyl (C=O) groups excluding carboxylic acids is 1. The van der Waals surface area contributed by atoms with E-state index in [0.29, 0.717) is 18.4 Å². The van der Waals surface area contributed by atoms with Crippen LogP contribution in [0.2, 0.25) is 0 Å². The molecule has 24 heavy (non-hydrogen) atoms. The van der Waals surface area contributed by atoms with Gasteiger partial charge in [0.1, 0.15) is 0 Å². The van der Waals surface area contributed by atoms with Crippen molar-refractivity contribution in [2.24, 2.45) is 17.8 Å². The van der Waals surface area contributed by atoms with E-state index in [9.17, 15) is 9.90 Å². The summed E-state index contributed by atoms with van der Waals surface area (Å²) in [6, 6.07) is 0.00811. The lowest BCUT2D eigenvalue weighted by atomic mass is 9.86. The lowest BCUT2D eigenvalue weighted by Crippen LogP contribution is -2.46. The highest BCUT2D eigenvalue weighted by Crippen LogP contribution is 2.25. The summed E-state index contributed by atoms with van der Waals surface area (Å²) in [6.07, 6.45) is 6.40. The molecule has 0 radical (unpaired) electrons. The first-order valence-electron chi connectivity index (χ1n) is 9.85. The van der Waals surface area contributed by atoms with E-state index in [0.717, 1.165) is 38.9 Å². The summed E-state index contributed by atoms with van der Waals surface area (Å²) in [5, 5.41) is 13.2. The molecule has 0 aromatic heterocycles. The largest absolute Gasteiger partial charge is 0.393 e. The molecule has 2 aliphatic rings. The Balaban J connectivity index is 1.69. The molecule has 1 aliphatic carbocycles. The molecule has 3 unspecified atom stereocenters. The zero-order valence-electron chi connectivity index (χ0n) is 15.8. The average Bonchev–Trinajstić information content (AvgIpc) is 2.54. The molecule has 1 saturated heterocycles. The van der Waals surface area contributed by atoms with Crippen LogP contribution in [0.25, 0.3) is 0 Å². The Bertz CT molecular complexity index is 389. The van der Waals surface area contributed by atoms with E-state index in [1.807, 2.05) is 7.05 Å². The van der Waals surface area contributed by atoms with Crippen LogP contribution in [0, 0.1) is 17.8 Å². The van der Waals surface area contributed by atoms with E-state index in [1.165, 1.54) is 25.8 Å². The predicted octanol–water partition coefficient (Wildman–Crippen LogP) is 2.55. The van der Waals surface area contributed by atoms with E-state index in [1.54, 1.807) is 4.90 Å². The van der Waals surface area contributed by atoms with Crippen LogP contribution in [-0.4, -0.2) is 66.8 Å². The minimum Gasteiger partial charge on any atom is -0.393 e. The van der Waals surface area contributed by atoms with Crippen molar-refractivity contribution in [2.75, 3.05) is 39.8 Å². The van der Waals surface area contributed by atoms with Gasteiger partial charge in [-0.05, 0) is 44.1 Å². The van der Waals surface area contributed by atoms with Crippen LogP contribution >= 0.6 is 0 Å². The van der Waals surface area contributed by atoms with Crippen molar-refractivity contribution in [3.8, 4) is 0 Å². The highest BCUT2D eigenvalue weighted by atomic mass is 16.3. The molecular weight excluding hydrogens is 302 g/mol. The molecule has 5 nitrogen and oxygen atoms in total. The Kier molecular flexibility index (Phi) is 7.82. The third-order valence-electron chi connectivity index (χ3n) is 5.49. The number of carbonyl (C=O) groups is 1. The normalized spacial score (nSPS) is 28.8. The molecule has 2 fully saturated rings. The smallest absolute Gasteiger partial charge is 0.317 e. The second kappa shape index (κ2) is 9.62. The highest BCUT2D eigenvalue weighted by Gasteiger charge is 2.26. The number of nitrogens with one attached hydrogen (secondary N) is 1. The number of piperidine rings is 1. The van der Waals surface area contributed by atoms with Gasteiger partial charge in [-0.1, -0.05) is 26.7 Å². The number of aliphatic hydroxyl groups excluding tert-OH is 1. The van der Waals surface area contributed by atoms with Crippen molar-refractivity contribution in [3.05, 3.63) is 0 Å². The molecule has 2 amide bonds. The molecule has 1 aliphatic heterocycles. The predicted molar refractivity (Wildman–Crippen MR) is 98.0 cm³/mol. The summed E-state index contributed by atoms with van der Waals surface area (Å²) in [5.41, 5.74) is 0. The quantitative estimate of drug-likeness (QED) is 0.782. The fourth-order valence-electron chi connectivity index (χ4n) is 4.20. The zero-order valence-corrected chi connectivity index (χ0v) is 15.8. The van der Waals surface area contributed by atoms with Crippen LogP contribution < -0.4 is 5.32 Å². The van der Waals surface area contributed by atoms with Gasteiger partial charge in [0.15, 0.2) is 0 Å². The van der Waals surface area contributed by atoms with Crippen LogP contribution in [0.5, 0.6) is 0 Å². The maximum absolute atomic E-state index is 12.3. The number of likely N-dealkylation sites (tertiary alicyclic amines) is 1. The highest BCUT2D eigenvalue weighted by molar-refractivity contribution is 5.73. The number of hydrogen-bond donors (Lipinski definition) is 2. The number of aliphatic hydroxyl groups is 1. The van der Waals surface area contributed by atoms with Crippen molar-refractivity contribution in [1.82, 2.24) is 15.1 Å². The molecule has 5 heteroatoms. The molecule has 0 aromatic rings. The second-order valence-electron chi connectivity index (χ2n) is 8.34. The summed E-state index contributed by atoms with van der Waals surface area (Å²) in [7, 11) is 1.85. The van der Waals surface area contributed by atoms with Crippen LogP contribution in [0.4, 0.5) is 4.79 Å². The molecule has 3 atom stereocenters. The van der Waals surface area contributed by atoms with Gasteiger partial charge in [0, 0.05) is 39.1 Å². The maximum atomic E-state index is 12.3. The Morgan fingerprint density at radius 3 is 2.71 bits per heavy atom. The SMILES string of the molecule is CC(C)CN1CCCC(CNC(=O)N(C)CC2CCCCC2O)C1. The molecule has 0 bridgehead atoms. The Morgan fingerprint density at radius 2 is 2.00 bits per heavy atom. The lowest BCUT2D eigenvalue weighted by molar-refractivity contribution is 0.0563. The zero-order chi connectivity index (χ0) is 17.5. The number of hydrogen-bond acceptors (Lipinski definition) is 3. The Morgan fingerprint density at radius 1 is 1.25 bits per heavy atom. The van der Waals surface area contributed by atoms with E-state index >= 15 is 0 Å². The van der Waals surface area contributed by atoms with Gasteiger partial charge in [0.05, 0.1) is 6.10 Å². The molecular formula is C19H37N3O2. The van der Waals surface area contributed by atoms with E-state index in [-0.39, 0.29) is 18.1 Å². The van der Waals surface area contributed by atoms with Crippen molar-refractivity contribution >= 4 is 6.03 Å². The summed E-state index contributed by atoms with van der Waals surface area (Å²) in [4.78, 5) is 16.6. The Labute approximate surface area is 147 Å².